The Morgan fingerprint density at radius 3 is 2.80 bits per heavy atom. The number of carbonyl (C=O) groups is 1. The highest BCUT2D eigenvalue weighted by Crippen LogP contribution is 2.26. The molecule has 0 aliphatic rings. The maximum Gasteiger partial charge on any atom is 0.215 e. The topological polar surface area (TPSA) is 44.1 Å². The van der Waals surface area contributed by atoms with E-state index in [9.17, 15) is 4.79 Å². The largest absolute Gasteiger partial charge is 0.493 e. The highest BCUT2D eigenvalue weighted by molar-refractivity contribution is 9.10. The van der Waals surface area contributed by atoms with Crippen LogP contribution in [0.3, 0.4) is 0 Å². The first-order valence-corrected chi connectivity index (χ1v) is 7.28. The number of halogens is 1. The number of hydrogen-bond acceptors (Lipinski definition) is 3. The van der Waals surface area contributed by atoms with Crippen molar-refractivity contribution in [2.45, 2.75) is 26.8 Å². The van der Waals surface area contributed by atoms with Gasteiger partial charge in [-0.2, -0.15) is 5.10 Å². The van der Waals surface area contributed by atoms with Crippen molar-refractivity contribution in [1.29, 1.82) is 0 Å². The van der Waals surface area contributed by atoms with Crippen LogP contribution in [0.2, 0.25) is 0 Å². The maximum absolute atomic E-state index is 12.7. The minimum absolute atomic E-state index is 0.0836. The van der Waals surface area contributed by atoms with E-state index < -0.39 is 0 Å². The van der Waals surface area contributed by atoms with Gasteiger partial charge in [0.25, 0.3) is 0 Å². The zero-order valence-corrected chi connectivity index (χ0v) is 13.4. The molecule has 4 nitrogen and oxygen atoms in total. The fourth-order valence-corrected chi connectivity index (χ4v) is 2.73. The van der Waals surface area contributed by atoms with Gasteiger partial charge in [-0.15, -0.1) is 0 Å². The molecule has 5 heteroatoms. The second-order valence-corrected chi connectivity index (χ2v) is 5.45. The predicted octanol–water partition coefficient (Wildman–Crippen LogP) is 3.60. The average Bonchev–Trinajstić information content (AvgIpc) is 2.81. The highest BCUT2D eigenvalue weighted by atomic mass is 79.9. The second-order valence-electron chi connectivity index (χ2n) is 4.60. The normalized spacial score (nSPS) is 10.6. The fourth-order valence-electron chi connectivity index (χ4n) is 2.06. The van der Waals surface area contributed by atoms with Gasteiger partial charge in [0.2, 0.25) is 5.78 Å². The van der Waals surface area contributed by atoms with Crippen molar-refractivity contribution in [2.24, 2.45) is 0 Å². The van der Waals surface area contributed by atoms with Gasteiger partial charge < -0.3 is 4.74 Å². The van der Waals surface area contributed by atoms with Gasteiger partial charge in [-0.25, -0.2) is 0 Å². The first-order valence-electron chi connectivity index (χ1n) is 6.49. The minimum Gasteiger partial charge on any atom is -0.493 e. The van der Waals surface area contributed by atoms with E-state index in [-0.39, 0.29) is 5.78 Å². The lowest BCUT2D eigenvalue weighted by molar-refractivity contribution is 0.102. The van der Waals surface area contributed by atoms with Gasteiger partial charge in [-0.05, 0) is 31.0 Å². The minimum atomic E-state index is -0.0836. The van der Waals surface area contributed by atoms with E-state index in [1.54, 1.807) is 18.0 Å². The number of rotatable bonds is 5. The average molecular weight is 337 g/mol. The number of ketones is 1. The van der Waals surface area contributed by atoms with Crippen LogP contribution in [0.5, 0.6) is 5.75 Å². The Morgan fingerprint density at radius 2 is 2.20 bits per heavy atom. The second kappa shape index (κ2) is 6.22. The van der Waals surface area contributed by atoms with Crippen molar-refractivity contribution in [3.63, 3.8) is 0 Å². The van der Waals surface area contributed by atoms with Crippen LogP contribution in [-0.4, -0.2) is 22.7 Å². The summed E-state index contributed by atoms with van der Waals surface area (Å²) in [6, 6.07) is 5.68. The third-order valence-corrected chi connectivity index (χ3v) is 3.70. The van der Waals surface area contributed by atoms with Crippen LogP contribution in [0.25, 0.3) is 0 Å². The summed E-state index contributed by atoms with van der Waals surface area (Å²) in [5, 5.41) is 4.23. The van der Waals surface area contributed by atoms with Crippen LogP contribution in [0.4, 0.5) is 0 Å². The summed E-state index contributed by atoms with van der Waals surface area (Å²) in [7, 11) is 1.55. The van der Waals surface area contributed by atoms with Crippen molar-refractivity contribution >= 4 is 21.7 Å². The molecule has 0 saturated carbocycles. The molecule has 0 atom stereocenters. The van der Waals surface area contributed by atoms with Gasteiger partial charge in [-0.3, -0.25) is 9.48 Å². The summed E-state index contributed by atoms with van der Waals surface area (Å²) in [4.78, 5) is 12.7. The third kappa shape index (κ3) is 2.77. The Hall–Kier alpha value is -1.62. The number of hydrogen-bond donors (Lipinski definition) is 0. The first-order chi connectivity index (χ1) is 9.58. The van der Waals surface area contributed by atoms with Crippen molar-refractivity contribution in [2.75, 3.05) is 7.11 Å². The number of nitrogens with zero attached hydrogens (tertiary/aromatic N) is 2. The summed E-state index contributed by atoms with van der Waals surface area (Å²) >= 11 is 3.45. The van der Waals surface area contributed by atoms with Crippen molar-refractivity contribution in [3.05, 3.63) is 45.7 Å². The van der Waals surface area contributed by atoms with Gasteiger partial charge in [0, 0.05) is 16.6 Å². The molecule has 0 bridgehead atoms. The van der Waals surface area contributed by atoms with Gasteiger partial charge in [0.1, 0.15) is 0 Å². The van der Waals surface area contributed by atoms with Crippen LogP contribution in [0.15, 0.2) is 28.9 Å². The molecule has 1 aromatic heterocycles. The smallest absolute Gasteiger partial charge is 0.215 e. The van der Waals surface area contributed by atoms with Crippen molar-refractivity contribution < 1.29 is 9.53 Å². The number of carbonyl (C=O) groups excluding carboxylic acids is 1. The Kier molecular flexibility index (Phi) is 4.60. The summed E-state index contributed by atoms with van der Waals surface area (Å²) in [5.74, 6) is 0.426. The molecule has 2 rings (SSSR count). The van der Waals surface area contributed by atoms with Crippen LogP contribution < -0.4 is 4.74 Å². The number of aromatic nitrogens is 2. The molecule has 20 heavy (non-hydrogen) atoms. The SMILES string of the molecule is CCCn1ncc(OC)c1C(=O)c1ccc(C)cc1Br. The van der Waals surface area contributed by atoms with Crippen LogP contribution in [-0.2, 0) is 6.54 Å². The standard InChI is InChI=1S/C15H17BrN2O2/c1-4-7-18-14(13(20-3)9-17-18)15(19)11-6-5-10(2)8-12(11)16/h5-6,8-9H,4,7H2,1-3H3. The molecule has 1 heterocycles. The van der Waals surface area contributed by atoms with Crippen LogP contribution in [0.1, 0.15) is 35.0 Å². The molecule has 0 saturated heterocycles. The lowest BCUT2D eigenvalue weighted by atomic mass is 10.1. The molecular formula is C15H17BrN2O2. The van der Waals surface area contributed by atoms with Gasteiger partial charge in [0.15, 0.2) is 11.4 Å². The summed E-state index contributed by atoms with van der Waals surface area (Å²) in [5.41, 5.74) is 2.22. The van der Waals surface area contributed by atoms with Crippen molar-refractivity contribution in [1.82, 2.24) is 9.78 Å². The molecule has 0 fully saturated rings. The Morgan fingerprint density at radius 1 is 1.45 bits per heavy atom. The summed E-state index contributed by atoms with van der Waals surface area (Å²) in [6.07, 6.45) is 2.49. The molecule has 1 aromatic carbocycles. The quantitative estimate of drug-likeness (QED) is 0.783. The maximum atomic E-state index is 12.7. The van der Waals surface area contributed by atoms with Gasteiger partial charge >= 0.3 is 0 Å². The van der Waals surface area contributed by atoms with E-state index in [1.807, 2.05) is 32.0 Å². The number of ether oxygens (including phenoxy) is 1. The van der Waals surface area contributed by atoms with E-state index in [4.69, 9.17) is 4.74 Å². The molecule has 0 spiro atoms. The lowest BCUT2D eigenvalue weighted by Gasteiger charge is -2.09. The highest BCUT2D eigenvalue weighted by Gasteiger charge is 2.22. The predicted molar refractivity (Wildman–Crippen MR) is 81.4 cm³/mol. The molecule has 0 aliphatic heterocycles. The van der Waals surface area contributed by atoms with Gasteiger partial charge in [0.05, 0.1) is 13.3 Å². The van der Waals surface area contributed by atoms with E-state index in [1.165, 1.54) is 0 Å². The molecule has 0 amide bonds. The Balaban J connectivity index is 2.49. The molecule has 0 unspecified atom stereocenters. The van der Waals surface area contributed by atoms with Crippen LogP contribution in [0, 0.1) is 6.92 Å². The van der Waals surface area contributed by atoms with Gasteiger partial charge in [-0.1, -0.05) is 28.9 Å². The Bertz CT molecular complexity index is 635. The Labute approximate surface area is 126 Å². The third-order valence-electron chi connectivity index (χ3n) is 3.05. The number of aryl methyl sites for hydroxylation is 2. The van der Waals surface area contributed by atoms with Crippen LogP contribution >= 0.6 is 15.9 Å². The summed E-state index contributed by atoms with van der Waals surface area (Å²) in [6.45, 7) is 4.72. The van der Waals surface area contributed by atoms with E-state index in [0.29, 0.717) is 23.6 Å². The van der Waals surface area contributed by atoms with Crippen molar-refractivity contribution in [3.8, 4) is 5.75 Å². The number of methoxy groups -OCH3 is 1. The zero-order chi connectivity index (χ0) is 14.7. The molecule has 0 N–H and O–H groups in total. The molecule has 106 valence electrons. The monoisotopic (exact) mass is 336 g/mol. The molecule has 0 aliphatic carbocycles. The van der Waals surface area contributed by atoms with E-state index in [0.717, 1.165) is 16.5 Å². The molecular weight excluding hydrogens is 320 g/mol. The molecule has 2 aromatic rings. The zero-order valence-electron chi connectivity index (χ0n) is 11.8. The summed E-state index contributed by atoms with van der Waals surface area (Å²) < 4.78 is 7.75. The van der Waals surface area contributed by atoms with E-state index >= 15 is 0 Å². The fraction of sp³-hybridized carbons (Fsp3) is 0.333. The number of benzene rings is 1. The lowest BCUT2D eigenvalue weighted by Crippen LogP contribution is -2.13. The molecule has 0 radical (unpaired) electrons. The first kappa shape index (κ1) is 14.8. The van der Waals surface area contributed by atoms with E-state index in [2.05, 4.69) is 21.0 Å².